The van der Waals surface area contributed by atoms with Crippen molar-refractivity contribution in [1.29, 1.82) is 0 Å². The van der Waals surface area contributed by atoms with Gasteiger partial charge in [-0.2, -0.15) is 0 Å². The van der Waals surface area contributed by atoms with Crippen LogP contribution in [-0.4, -0.2) is 12.2 Å². The average Bonchev–Trinajstić information content (AvgIpc) is 2.63. The third-order valence-electron chi connectivity index (χ3n) is 3.40. The Morgan fingerprint density at radius 3 is 2.42 bits per heavy atom. The van der Waals surface area contributed by atoms with Crippen LogP contribution in [0.3, 0.4) is 0 Å². The maximum absolute atomic E-state index is 12.4. The molecule has 0 spiro atoms. The van der Waals surface area contributed by atoms with Crippen LogP contribution in [0.5, 0.6) is 11.5 Å². The van der Waals surface area contributed by atoms with E-state index in [-0.39, 0.29) is 5.91 Å². The van der Waals surface area contributed by atoms with Crippen molar-refractivity contribution in [2.45, 2.75) is 4.90 Å². The van der Waals surface area contributed by atoms with Gasteiger partial charge in [-0.25, -0.2) is 0 Å². The maximum atomic E-state index is 12.4. The summed E-state index contributed by atoms with van der Waals surface area (Å²) >= 11 is 1.64. The number of ether oxygens (including phenoxy) is 1. The molecule has 3 nitrogen and oxygen atoms in total. The van der Waals surface area contributed by atoms with Gasteiger partial charge in [-0.3, -0.25) is 4.79 Å². The third-order valence-corrected chi connectivity index (χ3v) is 4.13. The first-order chi connectivity index (χ1) is 11.7. The fourth-order valence-electron chi connectivity index (χ4n) is 2.23. The summed E-state index contributed by atoms with van der Waals surface area (Å²) in [6.07, 6.45) is 2.01. The Morgan fingerprint density at radius 1 is 0.875 bits per heavy atom. The number of rotatable bonds is 5. The quantitative estimate of drug-likeness (QED) is 0.630. The molecule has 0 aliphatic carbocycles. The molecule has 0 unspecified atom stereocenters. The van der Waals surface area contributed by atoms with Crippen molar-refractivity contribution in [2.24, 2.45) is 0 Å². The molecule has 0 saturated heterocycles. The van der Waals surface area contributed by atoms with Crippen LogP contribution in [-0.2, 0) is 0 Å². The van der Waals surface area contributed by atoms with Crippen molar-refractivity contribution in [3.05, 3.63) is 84.4 Å². The number of thioether (sulfide) groups is 1. The standard InChI is InChI=1S/C20H17NO2S/c1-24-19-12-6-8-16(14-19)21-20(22)15-7-5-11-18(13-15)23-17-9-3-2-4-10-17/h2-14H,1H3,(H,21,22). The lowest BCUT2D eigenvalue weighted by Crippen LogP contribution is -2.11. The summed E-state index contributed by atoms with van der Waals surface area (Å²) in [5.41, 5.74) is 1.33. The first-order valence-electron chi connectivity index (χ1n) is 7.53. The summed E-state index contributed by atoms with van der Waals surface area (Å²) in [5, 5.41) is 2.92. The van der Waals surface area contributed by atoms with Crippen LogP contribution in [0.1, 0.15) is 10.4 Å². The van der Waals surface area contributed by atoms with Gasteiger partial charge in [-0.1, -0.05) is 30.3 Å². The van der Waals surface area contributed by atoms with Gasteiger partial charge in [0.05, 0.1) is 0 Å². The molecule has 0 radical (unpaired) electrons. The van der Waals surface area contributed by atoms with Crippen molar-refractivity contribution in [2.75, 3.05) is 11.6 Å². The molecule has 0 saturated carbocycles. The Labute approximate surface area is 145 Å². The van der Waals surface area contributed by atoms with E-state index in [2.05, 4.69) is 5.32 Å². The lowest BCUT2D eigenvalue weighted by Gasteiger charge is -2.09. The van der Waals surface area contributed by atoms with Crippen LogP contribution in [0.2, 0.25) is 0 Å². The van der Waals surface area contributed by atoms with Gasteiger partial charge < -0.3 is 10.1 Å². The molecular formula is C20H17NO2S. The highest BCUT2D eigenvalue weighted by atomic mass is 32.2. The van der Waals surface area contributed by atoms with Crippen LogP contribution in [0, 0.1) is 0 Å². The molecule has 0 atom stereocenters. The SMILES string of the molecule is CSc1cccc(NC(=O)c2cccc(Oc3ccccc3)c2)c1. The largest absolute Gasteiger partial charge is 0.457 e. The van der Waals surface area contributed by atoms with Crippen LogP contribution < -0.4 is 10.1 Å². The molecule has 0 aromatic heterocycles. The molecule has 120 valence electrons. The molecule has 1 N–H and O–H groups in total. The van der Waals surface area contributed by atoms with E-state index in [0.29, 0.717) is 11.3 Å². The summed E-state index contributed by atoms with van der Waals surface area (Å²) in [6, 6.07) is 24.4. The van der Waals surface area contributed by atoms with Gasteiger partial charge in [-0.15, -0.1) is 11.8 Å². The smallest absolute Gasteiger partial charge is 0.255 e. The fraction of sp³-hybridized carbons (Fsp3) is 0.0500. The van der Waals surface area contributed by atoms with Gasteiger partial charge in [0.2, 0.25) is 0 Å². The van der Waals surface area contributed by atoms with Gasteiger partial charge in [-0.05, 0) is 54.8 Å². The van der Waals surface area contributed by atoms with Crippen LogP contribution >= 0.6 is 11.8 Å². The van der Waals surface area contributed by atoms with Gasteiger partial charge in [0.15, 0.2) is 0 Å². The van der Waals surface area contributed by atoms with E-state index < -0.39 is 0 Å². The average molecular weight is 335 g/mol. The molecule has 4 heteroatoms. The second-order valence-electron chi connectivity index (χ2n) is 5.13. The van der Waals surface area contributed by atoms with E-state index in [4.69, 9.17) is 4.74 Å². The molecule has 1 amide bonds. The Morgan fingerprint density at radius 2 is 1.62 bits per heavy atom. The summed E-state index contributed by atoms with van der Waals surface area (Å²) in [6.45, 7) is 0. The minimum Gasteiger partial charge on any atom is -0.457 e. The minimum atomic E-state index is -0.160. The number of benzene rings is 3. The monoisotopic (exact) mass is 335 g/mol. The van der Waals surface area contributed by atoms with E-state index in [1.54, 1.807) is 23.9 Å². The first kappa shape index (κ1) is 16.1. The Bertz CT molecular complexity index is 834. The van der Waals surface area contributed by atoms with E-state index in [1.807, 2.05) is 73.0 Å². The minimum absolute atomic E-state index is 0.160. The van der Waals surface area contributed by atoms with E-state index >= 15 is 0 Å². The van der Waals surface area contributed by atoms with Crippen molar-refractivity contribution < 1.29 is 9.53 Å². The zero-order chi connectivity index (χ0) is 16.8. The molecule has 0 aliphatic rings. The highest BCUT2D eigenvalue weighted by molar-refractivity contribution is 7.98. The number of carbonyl (C=O) groups is 1. The Hall–Kier alpha value is -2.72. The predicted molar refractivity (Wildman–Crippen MR) is 99.1 cm³/mol. The summed E-state index contributed by atoms with van der Waals surface area (Å²) in [4.78, 5) is 13.6. The van der Waals surface area contributed by atoms with Gasteiger partial charge in [0.25, 0.3) is 5.91 Å². The number of hydrogen-bond donors (Lipinski definition) is 1. The predicted octanol–water partition coefficient (Wildman–Crippen LogP) is 5.45. The third kappa shape index (κ3) is 4.18. The fourth-order valence-corrected chi connectivity index (χ4v) is 2.69. The van der Waals surface area contributed by atoms with Crippen molar-refractivity contribution in [1.82, 2.24) is 0 Å². The van der Waals surface area contributed by atoms with Crippen LogP contribution in [0.25, 0.3) is 0 Å². The molecule has 24 heavy (non-hydrogen) atoms. The molecule has 0 fully saturated rings. The Balaban J connectivity index is 1.74. The molecule has 3 aromatic rings. The van der Waals surface area contributed by atoms with Gasteiger partial charge in [0, 0.05) is 16.1 Å². The zero-order valence-electron chi connectivity index (χ0n) is 13.2. The highest BCUT2D eigenvalue weighted by Crippen LogP contribution is 2.23. The van der Waals surface area contributed by atoms with E-state index in [9.17, 15) is 4.79 Å². The number of hydrogen-bond acceptors (Lipinski definition) is 3. The lowest BCUT2D eigenvalue weighted by atomic mass is 10.2. The first-order valence-corrected chi connectivity index (χ1v) is 8.75. The van der Waals surface area contributed by atoms with E-state index in [1.165, 1.54) is 0 Å². The second kappa shape index (κ2) is 7.70. The molecule has 0 heterocycles. The molecule has 3 aromatic carbocycles. The van der Waals surface area contributed by atoms with Gasteiger partial charge in [0.1, 0.15) is 11.5 Å². The number of anilines is 1. The second-order valence-corrected chi connectivity index (χ2v) is 6.01. The topological polar surface area (TPSA) is 38.3 Å². The van der Waals surface area contributed by atoms with Crippen molar-refractivity contribution >= 4 is 23.4 Å². The van der Waals surface area contributed by atoms with Crippen LogP contribution in [0.15, 0.2) is 83.8 Å². The Kier molecular flexibility index (Phi) is 5.18. The summed E-state index contributed by atoms with van der Waals surface area (Å²) in [5.74, 6) is 1.21. The van der Waals surface area contributed by atoms with Crippen molar-refractivity contribution in [3.8, 4) is 11.5 Å². The number of para-hydroxylation sites is 1. The number of amides is 1. The molecular weight excluding hydrogens is 318 g/mol. The lowest BCUT2D eigenvalue weighted by molar-refractivity contribution is 0.102. The van der Waals surface area contributed by atoms with Gasteiger partial charge >= 0.3 is 0 Å². The normalized spacial score (nSPS) is 10.2. The molecule has 3 rings (SSSR count). The highest BCUT2D eigenvalue weighted by Gasteiger charge is 2.08. The van der Waals surface area contributed by atoms with Crippen LogP contribution in [0.4, 0.5) is 5.69 Å². The molecule has 0 bridgehead atoms. The number of carbonyl (C=O) groups excluding carboxylic acids is 1. The van der Waals surface area contributed by atoms with E-state index in [0.717, 1.165) is 16.3 Å². The molecule has 0 aliphatic heterocycles. The maximum Gasteiger partial charge on any atom is 0.255 e. The summed E-state index contributed by atoms with van der Waals surface area (Å²) < 4.78 is 5.77. The number of nitrogens with one attached hydrogen (secondary N) is 1. The summed E-state index contributed by atoms with van der Waals surface area (Å²) in [7, 11) is 0. The van der Waals surface area contributed by atoms with Crippen molar-refractivity contribution in [3.63, 3.8) is 0 Å². The zero-order valence-corrected chi connectivity index (χ0v) is 14.0.